The molecule has 0 saturated carbocycles. The van der Waals surface area contributed by atoms with Crippen molar-refractivity contribution in [2.24, 2.45) is 0 Å². The number of pyridine rings is 1. The first kappa shape index (κ1) is 17.0. The number of hydrogen-bond acceptors (Lipinski definition) is 4. The van der Waals surface area contributed by atoms with Crippen LogP contribution in [0.2, 0.25) is 0 Å². The maximum atomic E-state index is 13.7. The summed E-state index contributed by atoms with van der Waals surface area (Å²) in [5, 5.41) is 0. The SMILES string of the molecule is COc1cc(-c2cc(Cc3nc(C)[nH]c3C)cnc2OC)ccc1F. The minimum absolute atomic E-state index is 0.184. The van der Waals surface area contributed by atoms with Crippen LogP contribution in [0.4, 0.5) is 4.39 Å². The van der Waals surface area contributed by atoms with Gasteiger partial charge in [0.25, 0.3) is 0 Å². The predicted molar refractivity (Wildman–Crippen MR) is 93.6 cm³/mol. The largest absolute Gasteiger partial charge is 0.494 e. The Morgan fingerprint density at radius 1 is 1.12 bits per heavy atom. The summed E-state index contributed by atoms with van der Waals surface area (Å²) in [6.45, 7) is 3.93. The van der Waals surface area contributed by atoms with E-state index in [9.17, 15) is 4.39 Å². The Bertz CT molecular complexity index is 906. The molecule has 2 aromatic heterocycles. The molecule has 130 valence electrons. The van der Waals surface area contributed by atoms with Gasteiger partial charge in [-0.05, 0) is 43.2 Å². The van der Waals surface area contributed by atoms with Crippen LogP contribution < -0.4 is 9.47 Å². The predicted octanol–water partition coefficient (Wildman–Crippen LogP) is 3.84. The molecule has 0 aliphatic heterocycles. The summed E-state index contributed by atoms with van der Waals surface area (Å²) in [5.74, 6) is 1.14. The molecule has 3 aromatic rings. The van der Waals surface area contributed by atoms with E-state index < -0.39 is 5.82 Å². The highest BCUT2D eigenvalue weighted by atomic mass is 19.1. The molecule has 1 aromatic carbocycles. The van der Waals surface area contributed by atoms with Crippen molar-refractivity contribution in [2.75, 3.05) is 14.2 Å². The number of aromatic amines is 1. The summed E-state index contributed by atoms with van der Waals surface area (Å²) < 4.78 is 24.1. The Labute approximate surface area is 145 Å². The molecule has 0 unspecified atom stereocenters. The smallest absolute Gasteiger partial charge is 0.221 e. The zero-order valence-electron chi connectivity index (χ0n) is 14.7. The number of methoxy groups -OCH3 is 2. The first-order valence-electron chi connectivity index (χ1n) is 7.90. The van der Waals surface area contributed by atoms with Crippen molar-refractivity contribution < 1.29 is 13.9 Å². The van der Waals surface area contributed by atoms with E-state index >= 15 is 0 Å². The fourth-order valence-corrected chi connectivity index (χ4v) is 2.81. The van der Waals surface area contributed by atoms with Crippen LogP contribution in [0.3, 0.4) is 0 Å². The van der Waals surface area contributed by atoms with Crippen LogP contribution in [0.25, 0.3) is 11.1 Å². The van der Waals surface area contributed by atoms with Gasteiger partial charge in [0, 0.05) is 23.9 Å². The van der Waals surface area contributed by atoms with Crippen molar-refractivity contribution in [3.8, 4) is 22.8 Å². The second kappa shape index (κ2) is 6.93. The number of H-pyrrole nitrogens is 1. The highest BCUT2D eigenvalue weighted by Gasteiger charge is 2.13. The molecule has 0 saturated heterocycles. The Morgan fingerprint density at radius 2 is 1.92 bits per heavy atom. The maximum Gasteiger partial charge on any atom is 0.221 e. The highest BCUT2D eigenvalue weighted by Crippen LogP contribution is 2.32. The number of halogens is 1. The van der Waals surface area contributed by atoms with Crippen LogP contribution in [0.15, 0.2) is 30.5 Å². The fourth-order valence-electron chi connectivity index (χ4n) is 2.81. The van der Waals surface area contributed by atoms with E-state index in [1.54, 1.807) is 25.4 Å². The Kier molecular flexibility index (Phi) is 4.70. The average Bonchev–Trinajstić information content (AvgIpc) is 2.92. The van der Waals surface area contributed by atoms with Gasteiger partial charge in [0.05, 0.1) is 19.9 Å². The zero-order valence-corrected chi connectivity index (χ0v) is 14.7. The van der Waals surface area contributed by atoms with Crippen molar-refractivity contribution in [1.29, 1.82) is 0 Å². The third-order valence-electron chi connectivity index (χ3n) is 4.04. The molecular weight excluding hydrogens is 321 g/mol. The number of nitrogens with zero attached hydrogens (tertiary/aromatic N) is 2. The third-order valence-corrected chi connectivity index (χ3v) is 4.04. The summed E-state index contributed by atoms with van der Waals surface area (Å²) in [6, 6.07) is 6.69. The second-order valence-electron chi connectivity index (χ2n) is 5.82. The number of hydrogen-bond donors (Lipinski definition) is 1. The Hall–Kier alpha value is -2.89. The van der Waals surface area contributed by atoms with Gasteiger partial charge in [-0.15, -0.1) is 0 Å². The molecular formula is C19H20FN3O2. The van der Waals surface area contributed by atoms with Gasteiger partial charge < -0.3 is 14.5 Å². The second-order valence-corrected chi connectivity index (χ2v) is 5.82. The van der Waals surface area contributed by atoms with E-state index in [2.05, 4.69) is 15.0 Å². The van der Waals surface area contributed by atoms with E-state index in [4.69, 9.17) is 9.47 Å². The lowest BCUT2D eigenvalue weighted by Gasteiger charge is -2.11. The molecule has 0 atom stereocenters. The number of ether oxygens (including phenoxy) is 2. The molecule has 0 fully saturated rings. The maximum absolute atomic E-state index is 13.7. The number of aromatic nitrogens is 3. The minimum Gasteiger partial charge on any atom is -0.494 e. The van der Waals surface area contributed by atoms with Gasteiger partial charge in [0.15, 0.2) is 11.6 Å². The van der Waals surface area contributed by atoms with Gasteiger partial charge in [0.2, 0.25) is 5.88 Å². The van der Waals surface area contributed by atoms with Gasteiger partial charge in [0.1, 0.15) is 5.82 Å². The van der Waals surface area contributed by atoms with Gasteiger partial charge >= 0.3 is 0 Å². The number of aryl methyl sites for hydroxylation is 2. The first-order valence-corrected chi connectivity index (χ1v) is 7.90. The van der Waals surface area contributed by atoms with Crippen LogP contribution in [-0.2, 0) is 6.42 Å². The highest BCUT2D eigenvalue weighted by molar-refractivity contribution is 5.70. The molecule has 6 heteroatoms. The lowest BCUT2D eigenvalue weighted by atomic mass is 10.0. The Morgan fingerprint density at radius 3 is 2.56 bits per heavy atom. The minimum atomic E-state index is -0.406. The lowest BCUT2D eigenvalue weighted by molar-refractivity contribution is 0.386. The molecule has 2 heterocycles. The quantitative estimate of drug-likeness (QED) is 0.766. The average molecular weight is 341 g/mol. The number of rotatable bonds is 5. The van der Waals surface area contributed by atoms with Crippen LogP contribution >= 0.6 is 0 Å². The lowest BCUT2D eigenvalue weighted by Crippen LogP contribution is -1.98. The van der Waals surface area contributed by atoms with Crippen LogP contribution in [0.5, 0.6) is 11.6 Å². The fraction of sp³-hybridized carbons (Fsp3) is 0.263. The number of nitrogens with one attached hydrogen (secondary N) is 1. The molecule has 3 rings (SSSR count). The van der Waals surface area contributed by atoms with Crippen LogP contribution in [0.1, 0.15) is 22.8 Å². The van der Waals surface area contributed by atoms with Gasteiger partial charge in [-0.1, -0.05) is 6.07 Å². The van der Waals surface area contributed by atoms with Crippen molar-refractivity contribution in [1.82, 2.24) is 15.0 Å². The summed E-state index contributed by atoms with van der Waals surface area (Å²) in [6.07, 6.45) is 2.42. The summed E-state index contributed by atoms with van der Waals surface area (Å²) in [5.41, 5.74) is 4.57. The molecule has 25 heavy (non-hydrogen) atoms. The zero-order chi connectivity index (χ0) is 18.0. The van der Waals surface area contributed by atoms with Crippen molar-refractivity contribution in [3.63, 3.8) is 0 Å². The molecule has 1 N–H and O–H groups in total. The number of benzene rings is 1. The Balaban J connectivity index is 2.02. The molecule has 0 amide bonds. The summed E-state index contributed by atoms with van der Waals surface area (Å²) in [4.78, 5) is 12.1. The van der Waals surface area contributed by atoms with Crippen LogP contribution in [0, 0.1) is 19.7 Å². The van der Waals surface area contributed by atoms with Crippen LogP contribution in [-0.4, -0.2) is 29.2 Å². The first-order chi connectivity index (χ1) is 12.0. The van der Waals surface area contributed by atoms with E-state index in [0.717, 1.165) is 33.9 Å². The topological polar surface area (TPSA) is 60.0 Å². The monoisotopic (exact) mass is 341 g/mol. The van der Waals surface area contributed by atoms with Crippen molar-refractivity contribution >= 4 is 0 Å². The van der Waals surface area contributed by atoms with Gasteiger partial charge in [-0.25, -0.2) is 14.4 Å². The standard InChI is InChI=1S/C19H20FN3O2/c1-11-17(23-12(2)22-11)8-13-7-15(19(25-4)21-10-13)14-5-6-16(20)18(9-14)24-3/h5-7,9-10H,8H2,1-4H3,(H,22,23). The molecule has 0 spiro atoms. The van der Waals surface area contributed by atoms with E-state index in [0.29, 0.717) is 12.3 Å². The van der Waals surface area contributed by atoms with Crippen molar-refractivity contribution in [2.45, 2.75) is 20.3 Å². The third kappa shape index (κ3) is 3.47. The summed E-state index contributed by atoms with van der Waals surface area (Å²) >= 11 is 0. The van der Waals surface area contributed by atoms with Gasteiger partial charge in [-0.3, -0.25) is 0 Å². The normalized spacial score (nSPS) is 10.8. The molecule has 0 aliphatic carbocycles. The molecule has 5 nitrogen and oxygen atoms in total. The van der Waals surface area contributed by atoms with E-state index in [1.165, 1.54) is 13.2 Å². The molecule has 0 radical (unpaired) electrons. The number of imidazole rings is 1. The molecule has 0 bridgehead atoms. The van der Waals surface area contributed by atoms with Gasteiger partial charge in [-0.2, -0.15) is 0 Å². The molecule has 0 aliphatic rings. The van der Waals surface area contributed by atoms with Crippen molar-refractivity contribution in [3.05, 3.63) is 59.1 Å². The van der Waals surface area contributed by atoms with E-state index in [-0.39, 0.29) is 5.75 Å². The van der Waals surface area contributed by atoms with E-state index in [1.807, 2.05) is 19.9 Å². The summed E-state index contributed by atoms with van der Waals surface area (Å²) in [7, 11) is 3.00.